The Balaban J connectivity index is 1.23. The first kappa shape index (κ1) is 27.6. The number of hydrogen-bond donors (Lipinski definition) is 0. The van der Waals surface area contributed by atoms with Crippen LogP contribution in [0.2, 0.25) is 0 Å². The van der Waals surface area contributed by atoms with Crippen molar-refractivity contribution in [3.8, 4) is 33.4 Å². The zero-order valence-electron chi connectivity index (χ0n) is 28.2. The maximum atomic E-state index is 2.57. The van der Waals surface area contributed by atoms with E-state index in [1.54, 1.807) is 11.1 Å². The number of rotatable bonds is 2. The van der Waals surface area contributed by atoms with Crippen LogP contribution in [0.25, 0.3) is 76.5 Å². The lowest BCUT2D eigenvalue weighted by Crippen LogP contribution is -2.55. The summed E-state index contributed by atoms with van der Waals surface area (Å²) in [6.45, 7) is 0. The standard InChI is InChI=1S/C50H38/c1-3-14-36-32(11-1)13-9-20-38(36)46-39-16-5-7-18-41(39)47(42-19-8-6-17-40(42)46)43-21-10-22-44-48-37-15-4-2-12-33(37)23-24-45(48)50(49(43)44)34-26-30-25-31(28-34)29-35(50)27-30/h1-24,30-31,34-35H,25-29H2. The number of benzene rings is 8. The third-order valence-electron chi connectivity index (χ3n) is 13.8. The van der Waals surface area contributed by atoms with E-state index in [9.17, 15) is 0 Å². The summed E-state index contributed by atoms with van der Waals surface area (Å²) in [5.74, 6) is 3.22. The summed E-state index contributed by atoms with van der Waals surface area (Å²) in [5, 5.41) is 10.8. The van der Waals surface area contributed by atoms with Crippen molar-refractivity contribution in [2.45, 2.75) is 37.5 Å². The maximum absolute atomic E-state index is 2.57. The first-order valence-corrected chi connectivity index (χ1v) is 18.9. The van der Waals surface area contributed by atoms with E-state index in [4.69, 9.17) is 0 Å². The lowest BCUT2D eigenvalue weighted by molar-refractivity contribution is -0.0396. The van der Waals surface area contributed by atoms with E-state index < -0.39 is 0 Å². The highest BCUT2D eigenvalue weighted by Gasteiger charge is 2.62. The molecule has 5 aliphatic carbocycles. The number of hydrogen-bond acceptors (Lipinski definition) is 0. The van der Waals surface area contributed by atoms with Crippen molar-refractivity contribution in [3.05, 3.63) is 157 Å². The van der Waals surface area contributed by atoms with E-state index in [0.717, 1.165) is 11.8 Å². The third kappa shape index (κ3) is 3.42. The molecular formula is C50H38. The summed E-state index contributed by atoms with van der Waals surface area (Å²) in [4.78, 5) is 0. The molecule has 0 aliphatic heterocycles. The second-order valence-corrected chi connectivity index (χ2v) is 16.0. The summed E-state index contributed by atoms with van der Waals surface area (Å²) in [6.07, 6.45) is 7.00. The highest BCUT2D eigenvalue weighted by Crippen LogP contribution is 2.71. The molecule has 5 aliphatic rings. The zero-order chi connectivity index (χ0) is 32.6. The highest BCUT2D eigenvalue weighted by atomic mass is 14.7. The monoisotopic (exact) mass is 638 g/mol. The Bertz CT molecular complexity index is 2640. The van der Waals surface area contributed by atoms with Gasteiger partial charge in [0, 0.05) is 5.41 Å². The van der Waals surface area contributed by atoms with Gasteiger partial charge in [-0.3, -0.25) is 0 Å². The number of fused-ring (bicyclic) bond motifs is 8. The van der Waals surface area contributed by atoms with E-state index in [-0.39, 0.29) is 5.41 Å². The van der Waals surface area contributed by atoms with Gasteiger partial charge in [0.15, 0.2) is 0 Å². The molecule has 50 heavy (non-hydrogen) atoms. The largest absolute Gasteiger partial charge is 0.0616 e. The van der Waals surface area contributed by atoms with Gasteiger partial charge < -0.3 is 0 Å². The molecule has 0 unspecified atom stereocenters. The SMILES string of the molecule is c1cc2c(c(-c3c4ccccc4c(-c4cccc5ccccc45)c4ccccc34)c1)C1(c3ccc4ccccc4c3-2)C2CC3CC(C2)CC1C3. The Labute approximate surface area is 293 Å². The second kappa shape index (κ2) is 9.95. The van der Waals surface area contributed by atoms with Crippen LogP contribution in [0.15, 0.2) is 146 Å². The van der Waals surface area contributed by atoms with Crippen molar-refractivity contribution in [1.29, 1.82) is 0 Å². The van der Waals surface area contributed by atoms with Crippen LogP contribution < -0.4 is 0 Å². The van der Waals surface area contributed by atoms with Crippen LogP contribution in [-0.4, -0.2) is 0 Å². The van der Waals surface area contributed by atoms with Crippen molar-refractivity contribution in [1.82, 2.24) is 0 Å². The Hall–Kier alpha value is -5.20. The van der Waals surface area contributed by atoms with Crippen LogP contribution in [0.5, 0.6) is 0 Å². The molecule has 4 saturated carbocycles. The van der Waals surface area contributed by atoms with Crippen molar-refractivity contribution >= 4 is 43.1 Å². The Kier molecular flexibility index (Phi) is 5.49. The van der Waals surface area contributed by atoms with E-state index in [2.05, 4.69) is 146 Å². The molecule has 8 aromatic carbocycles. The summed E-state index contributed by atoms with van der Waals surface area (Å²) in [7, 11) is 0. The van der Waals surface area contributed by atoms with Gasteiger partial charge in [-0.15, -0.1) is 0 Å². The molecule has 4 fully saturated rings. The Morgan fingerprint density at radius 2 is 0.780 bits per heavy atom. The quantitative estimate of drug-likeness (QED) is 0.165. The van der Waals surface area contributed by atoms with Crippen molar-refractivity contribution in [2.75, 3.05) is 0 Å². The predicted molar refractivity (Wildman–Crippen MR) is 211 cm³/mol. The molecular weight excluding hydrogens is 601 g/mol. The molecule has 0 saturated heterocycles. The van der Waals surface area contributed by atoms with Gasteiger partial charge in [-0.25, -0.2) is 0 Å². The molecule has 238 valence electrons. The fourth-order valence-electron chi connectivity index (χ4n) is 12.4. The van der Waals surface area contributed by atoms with Gasteiger partial charge in [-0.05, 0) is 143 Å². The van der Waals surface area contributed by atoms with Crippen molar-refractivity contribution in [2.24, 2.45) is 23.7 Å². The van der Waals surface area contributed by atoms with Gasteiger partial charge in [0.05, 0.1) is 0 Å². The molecule has 0 amide bonds. The van der Waals surface area contributed by atoms with E-state index in [0.29, 0.717) is 11.8 Å². The van der Waals surface area contributed by atoms with Gasteiger partial charge in [0.25, 0.3) is 0 Å². The topological polar surface area (TPSA) is 0 Å². The molecule has 0 radical (unpaired) electrons. The molecule has 0 heteroatoms. The smallest absolute Gasteiger partial charge is 0.0278 e. The van der Waals surface area contributed by atoms with Gasteiger partial charge in [0.1, 0.15) is 0 Å². The Morgan fingerprint density at radius 3 is 1.40 bits per heavy atom. The fraction of sp³-hybridized carbons (Fsp3) is 0.200. The molecule has 8 aromatic rings. The molecule has 0 nitrogen and oxygen atoms in total. The highest BCUT2D eigenvalue weighted by molar-refractivity contribution is 6.24. The molecule has 13 rings (SSSR count). The Morgan fingerprint density at radius 1 is 0.340 bits per heavy atom. The third-order valence-corrected chi connectivity index (χ3v) is 13.8. The molecule has 1 spiro atoms. The lowest BCUT2D eigenvalue weighted by Gasteiger charge is -2.61. The minimum atomic E-state index is 0.0647. The summed E-state index contributed by atoms with van der Waals surface area (Å²) < 4.78 is 0. The van der Waals surface area contributed by atoms with E-state index in [1.807, 2.05) is 0 Å². The minimum Gasteiger partial charge on any atom is -0.0616 e. The fourth-order valence-corrected chi connectivity index (χ4v) is 12.4. The van der Waals surface area contributed by atoms with Gasteiger partial charge in [-0.2, -0.15) is 0 Å². The van der Waals surface area contributed by atoms with Crippen molar-refractivity contribution < 1.29 is 0 Å². The van der Waals surface area contributed by atoms with Gasteiger partial charge in [0.2, 0.25) is 0 Å². The first-order valence-electron chi connectivity index (χ1n) is 18.9. The summed E-state index contributed by atoms with van der Waals surface area (Å²) >= 11 is 0. The minimum absolute atomic E-state index is 0.0647. The molecule has 0 heterocycles. The van der Waals surface area contributed by atoms with E-state index in [1.165, 1.54) is 109 Å². The predicted octanol–water partition coefficient (Wildman–Crippen LogP) is 13.4. The summed E-state index contributed by atoms with van der Waals surface area (Å²) in [5.41, 5.74) is 11.9. The zero-order valence-corrected chi connectivity index (χ0v) is 28.2. The molecule has 0 atom stereocenters. The van der Waals surface area contributed by atoms with Crippen LogP contribution in [0.1, 0.15) is 43.2 Å². The second-order valence-electron chi connectivity index (χ2n) is 16.0. The average Bonchev–Trinajstić information content (AvgIpc) is 3.47. The van der Waals surface area contributed by atoms with E-state index >= 15 is 0 Å². The summed E-state index contributed by atoms with van der Waals surface area (Å²) in [6, 6.07) is 55.8. The van der Waals surface area contributed by atoms with Crippen LogP contribution in [0, 0.1) is 23.7 Å². The van der Waals surface area contributed by atoms with Crippen molar-refractivity contribution in [3.63, 3.8) is 0 Å². The van der Waals surface area contributed by atoms with Gasteiger partial charge in [-0.1, -0.05) is 146 Å². The normalized spacial score (nSPS) is 24.5. The van der Waals surface area contributed by atoms with Crippen LogP contribution in [0.4, 0.5) is 0 Å². The first-order chi connectivity index (χ1) is 24.8. The molecule has 0 aromatic heterocycles. The van der Waals surface area contributed by atoms with Crippen LogP contribution in [-0.2, 0) is 5.41 Å². The molecule has 4 bridgehead atoms. The van der Waals surface area contributed by atoms with Crippen LogP contribution >= 0.6 is 0 Å². The van der Waals surface area contributed by atoms with Crippen LogP contribution in [0.3, 0.4) is 0 Å². The molecule has 0 N–H and O–H groups in total. The van der Waals surface area contributed by atoms with Gasteiger partial charge >= 0.3 is 0 Å². The maximum Gasteiger partial charge on any atom is 0.0278 e. The lowest BCUT2D eigenvalue weighted by atomic mass is 9.42. The average molecular weight is 639 g/mol.